The average Bonchev–Trinajstić information content (AvgIpc) is 2.97. The number of carbonyl (C=O) groups excluding carboxylic acids is 1. The summed E-state index contributed by atoms with van der Waals surface area (Å²) in [5.41, 5.74) is 1.73. The van der Waals surface area contributed by atoms with E-state index in [9.17, 15) is 14.4 Å². The number of aromatic nitrogens is 2. The molecule has 0 unspecified atom stereocenters. The Morgan fingerprint density at radius 1 is 1.30 bits per heavy atom. The molecule has 0 atom stereocenters. The van der Waals surface area contributed by atoms with Crippen molar-refractivity contribution in [3.05, 3.63) is 65.7 Å². The first-order chi connectivity index (χ1) is 11.2. The number of nitrogens with zero attached hydrogens (tertiary/aromatic N) is 2. The van der Waals surface area contributed by atoms with Crippen molar-refractivity contribution < 1.29 is 9.18 Å². The van der Waals surface area contributed by atoms with Gasteiger partial charge in [0.15, 0.2) is 0 Å². The van der Waals surface area contributed by atoms with Crippen LogP contribution in [0.2, 0.25) is 0 Å². The van der Waals surface area contributed by atoms with E-state index >= 15 is 0 Å². The number of fused-ring (bicyclic) bond motifs is 1. The van der Waals surface area contributed by atoms with Gasteiger partial charge in [-0.1, -0.05) is 0 Å². The summed E-state index contributed by atoms with van der Waals surface area (Å²) in [6, 6.07) is 10.8. The molecule has 2 N–H and O–H groups in total. The Morgan fingerprint density at radius 3 is 2.83 bits per heavy atom. The van der Waals surface area contributed by atoms with Crippen molar-refractivity contribution in [1.82, 2.24) is 9.97 Å². The maximum absolute atomic E-state index is 12.9. The van der Waals surface area contributed by atoms with Gasteiger partial charge in [0.1, 0.15) is 23.1 Å². The molecule has 2 heterocycles. The zero-order chi connectivity index (χ0) is 16.2. The monoisotopic (exact) mass is 306 g/mol. The minimum Gasteiger partial charge on any atom is -0.346 e. The molecule has 0 bridgehead atoms. The van der Waals surface area contributed by atoms with Crippen molar-refractivity contribution in [3.8, 4) is 6.07 Å². The number of hydrogen-bond donors (Lipinski definition) is 2. The highest BCUT2D eigenvalue weighted by atomic mass is 19.1. The Hall–Kier alpha value is -3.46. The molecule has 0 saturated carbocycles. The predicted octanol–water partition coefficient (Wildman–Crippen LogP) is 3.25. The number of rotatable bonds is 3. The lowest BCUT2D eigenvalue weighted by Crippen LogP contribution is -2.13. The van der Waals surface area contributed by atoms with E-state index in [2.05, 4.69) is 15.3 Å². The average molecular weight is 306 g/mol. The van der Waals surface area contributed by atoms with Gasteiger partial charge in [0, 0.05) is 29.0 Å². The van der Waals surface area contributed by atoms with Crippen molar-refractivity contribution in [1.29, 1.82) is 5.26 Å². The summed E-state index contributed by atoms with van der Waals surface area (Å²) in [7, 11) is 0. The van der Waals surface area contributed by atoms with Gasteiger partial charge >= 0.3 is 0 Å². The summed E-state index contributed by atoms with van der Waals surface area (Å²) < 4.78 is 12.9. The van der Waals surface area contributed by atoms with Crippen LogP contribution in [0.3, 0.4) is 0 Å². The van der Waals surface area contributed by atoms with Gasteiger partial charge in [0.2, 0.25) is 0 Å². The topological polar surface area (TPSA) is 81.6 Å². The van der Waals surface area contributed by atoms with Gasteiger partial charge in [-0.3, -0.25) is 4.79 Å². The van der Waals surface area contributed by atoms with Gasteiger partial charge in [-0.15, -0.1) is 0 Å². The third kappa shape index (κ3) is 3.09. The fraction of sp³-hybridized carbons (Fsp3) is 0. The minimum atomic E-state index is -0.558. The molecule has 2 aromatic heterocycles. The zero-order valence-electron chi connectivity index (χ0n) is 11.9. The van der Waals surface area contributed by atoms with Crippen LogP contribution >= 0.6 is 0 Å². The zero-order valence-corrected chi connectivity index (χ0v) is 11.9. The number of pyridine rings is 1. The molecular weight excluding hydrogens is 295 g/mol. The Labute approximate surface area is 131 Å². The minimum absolute atomic E-state index is 0.0564. The van der Waals surface area contributed by atoms with Gasteiger partial charge in [-0.05, 0) is 42.5 Å². The molecule has 1 amide bonds. The molecule has 0 aliphatic rings. The molecule has 3 aromatic rings. The number of halogens is 1. The summed E-state index contributed by atoms with van der Waals surface area (Å²) in [5, 5.41) is 12.6. The van der Waals surface area contributed by atoms with Crippen molar-refractivity contribution in [2.45, 2.75) is 0 Å². The lowest BCUT2D eigenvalue weighted by molar-refractivity contribution is -0.112. The van der Waals surface area contributed by atoms with Crippen LogP contribution in [-0.4, -0.2) is 15.9 Å². The van der Waals surface area contributed by atoms with Crippen molar-refractivity contribution >= 4 is 28.7 Å². The smallest absolute Gasteiger partial charge is 0.266 e. The lowest BCUT2D eigenvalue weighted by Gasteiger charge is -2.03. The summed E-state index contributed by atoms with van der Waals surface area (Å²) in [4.78, 5) is 19.3. The van der Waals surface area contributed by atoms with Gasteiger partial charge < -0.3 is 10.3 Å². The van der Waals surface area contributed by atoms with Gasteiger partial charge in [0.25, 0.3) is 5.91 Å². The van der Waals surface area contributed by atoms with E-state index < -0.39 is 11.7 Å². The number of nitrogens with one attached hydrogen (secondary N) is 2. The molecule has 0 fully saturated rings. The summed E-state index contributed by atoms with van der Waals surface area (Å²) in [6.07, 6.45) is 4.82. The second-order valence-electron chi connectivity index (χ2n) is 4.77. The van der Waals surface area contributed by atoms with E-state index in [1.165, 1.54) is 30.3 Å². The standard InChI is InChI=1S/C17H11FN4O/c18-13-3-5-14(6-4-13)22-17(23)11(9-19)8-12-10-21-16-15(12)2-1-7-20-16/h1-8,10H,(H,20,21)(H,22,23)/b11-8+. The van der Waals surface area contributed by atoms with Gasteiger partial charge in [-0.25, -0.2) is 9.37 Å². The van der Waals surface area contributed by atoms with Gasteiger partial charge in [-0.2, -0.15) is 5.26 Å². The van der Waals surface area contributed by atoms with E-state index in [1.807, 2.05) is 12.1 Å². The number of carbonyl (C=O) groups is 1. The van der Waals surface area contributed by atoms with Crippen molar-refractivity contribution in [2.75, 3.05) is 5.32 Å². The molecule has 5 nitrogen and oxygen atoms in total. The highest BCUT2D eigenvalue weighted by molar-refractivity contribution is 6.10. The van der Waals surface area contributed by atoms with E-state index in [0.717, 1.165) is 5.39 Å². The molecular formula is C17H11FN4O. The fourth-order valence-electron chi connectivity index (χ4n) is 2.13. The number of amides is 1. The summed E-state index contributed by atoms with van der Waals surface area (Å²) in [5.74, 6) is -0.956. The third-order valence-corrected chi connectivity index (χ3v) is 3.25. The number of hydrogen-bond acceptors (Lipinski definition) is 3. The maximum atomic E-state index is 12.9. The van der Waals surface area contributed by atoms with E-state index in [1.54, 1.807) is 18.5 Å². The Balaban J connectivity index is 1.88. The van der Waals surface area contributed by atoms with Crippen LogP contribution in [0.15, 0.2) is 54.4 Å². The number of H-pyrrole nitrogens is 1. The fourth-order valence-corrected chi connectivity index (χ4v) is 2.13. The second-order valence-corrected chi connectivity index (χ2v) is 4.77. The largest absolute Gasteiger partial charge is 0.346 e. The SMILES string of the molecule is N#C/C(=C\c1c[nH]c2ncccc12)C(=O)Nc1ccc(F)cc1. The molecule has 3 rings (SSSR count). The molecule has 0 aliphatic heterocycles. The number of anilines is 1. The molecule has 0 saturated heterocycles. The Kier molecular flexibility index (Phi) is 3.85. The van der Waals surface area contributed by atoms with Crippen molar-refractivity contribution in [3.63, 3.8) is 0 Å². The van der Waals surface area contributed by atoms with Crippen LogP contribution in [0.4, 0.5) is 10.1 Å². The summed E-state index contributed by atoms with van der Waals surface area (Å²) >= 11 is 0. The van der Waals surface area contributed by atoms with Crippen molar-refractivity contribution in [2.24, 2.45) is 0 Å². The second kappa shape index (κ2) is 6.12. The van der Waals surface area contributed by atoms with E-state index in [4.69, 9.17) is 0 Å². The highest BCUT2D eigenvalue weighted by Crippen LogP contribution is 2.19. The van der Waals surface area contributed by atoms with E-state index in [-0.39, 0.29) is 5.57 Å². The Bertz CT molecular complexity index is 935. The van der Waals surface area contributed by atoms with Crippen LogP contribution < -0.4 is 5.32 Å². The van der Waals surface area contributed by atoms with Crippen LogP contribution in [0.1, 0.15) is 5.56 Å². The lowest BCUT2D eigenvalue weighted by atomic mass is 10.1. The van der Waals surface area contributed by atoms with E-state index in [0.29, 0.717) is 16.9 Å². The summed E-state index contributed by atoms with van der Waals surface area (Å²) in [6.45, 7) is 0. The molecule has 6 heteroatoms. The van der Waals surface area contributed by atoms with Crippen LogP contribution in [0, 0.1) is 17.1 Å². The van der Waals surface area contributed by atoms with Crippen LogP contribution in [-0.2, 0) is 4.79 Å². The molecule has 0 radical (unpaired) electrons. The molecule has 0 aliphatic carbocycles. The molecule has 23 heavy (non-hydrogen) atoms. The number of aromatic amines is 1. The number of benzene rings is 1. The van der Waals surface area contributed by atoms with Crippen LogP contribution in [0.5, 0.6) is 0 Å². The van der Waals surface area contributed by atoms with Gasteiger partial charge in [0.05, 0.1) is 0 Å². The first-order valence-corrected chi connectivity index (χ1v) is 6.78. The number of nitriles is 1. The molecule has 0 spiro atoms. The Morgan fingerprint density at radius 2 is 2.09 bits per heavy atom. The maximum Gasteiger partial charge on any atom is 0.266 e. The first-order valence-electron chi connectivity index (χ1n) is 6.78. The predicted molar refractivity (Wildman–Crippen MR) is 84.7 cm³/mol. The third-order valence-electron chi connectivity index (χ3n) is 3.25. The quantitative estimate of drug-likeness (QED) is 0.575. The highest BCUT2D eigenvalue weighted by Gasteiger charge is 2.11. The molecule has 1 aromatic carbocycles. The molecule has 112 valence electrons. The van der Waals surface area contributed by atoms with Crippen LogP contribution in [0.25, 0.3) is 17.1 Å². The normalized spacial score (nSPS) is 11.2. The first kappa shape index (κ1) is 14.5.